The van der Waals surface area contributed by atoms with E-state index in [9.17, 15) is 14.7 Å². The second-order valence-corrected chi connectivity index (χ2v) is 6.85. The van der Waals surface area contributed by atoms with Crippen molar-refractivity contribution < 1.29 is 14.6 Å². The fourth-order valence-corrected chi connectivity index (χ4v) is 3.31. The van der Waals surface area contributed by atoms with Crippen LogP contribution in [-0.2, 0) is 11.3 Å². The number of hydrogen-bond acceptors (Lipinski definition) is 7. The van der Waals surface area contributed by atoms with Gasteiger partial charge >= 0.3 is 17.7 Å². The van der Waals surface area contributed by atoms with E-state index in [1.54, 1.807) is 0 Å². The van der Waals surface area contributed by atoms with Crippen LogP contribution in [0.5, 0.6) is 6.01 Å². The van der Waals surface area contributed by atoms with Gasteiger partial charge in [0.15, 0.2) is 11.5 Å². The molecule has 0 amide bonds. The van der Waals surface area contributed by atoms with Crippen LogP contribution in [0.25, 0.3) is 11.2 Å². The molecule has 3 rings (SSSR count). The molecule has 27 heavy (non-hydrogen) atoms. The van der Waals surface area contributed by atoms with Crippen LogP contribution in [0.15, 0.2) is 4.79 Å². The molecule has 10 heteroatoms. The van der Waals surface area contributed by atoms with Gasteiger partial charge in [-0.15, -0.1) is 0 Å². The van der Waals surface area contributed by atoms with Crippen LogP contribution in [0.1, 0.15) is 32.6 Å². The number of aliphatic carboxylic acids is 1. The summed E-state index contributed by atoms with van der Waals surface area (Å²) >= 11 is 0. The maximum absolute atomic E-state index is 12.3. The monoisotopic (exact) mass is 378 g/mol. The number of ether oxygens (including phenoxy) is 1. The molecular weight excluding hydrogens is 352 g/mol. The predicted molar refractivity (Wildman–Crippen MR) is 99.8 cm³/mol. The van der Waals surface area contributed by atoms with E-state index in [1.165, 1.54) is 4.57 Å². The number of rotatable bonds is 8. The third-order valence-corrected chi connectivity index (χ3v) is 4.85. The largest absolute Gasteiger partial charge is 0.481 e. The lowest BCUT2D eigenvalue weighted by atomic mass is 9.98. The zero-order chi connectivity index (χ0) is 19.4. The lowest BCUT2D eigenvalue weighted by molar-refractivity contribution is -0.143. The highest BCUT2D eigenvalue weighted by Gasteiger charge is 2.25. The number of nitrogen functional groups attached to an aromatic ring is 1. The fraction of sp³-hybridized carbons (Fsp3) is 0.647. The topological polar surface area (TPSA) is 139 Å². The number of nitrogens with two attached hydrogens (primary N) is 1. The Hall–Kier alpha value is -2.62. The molecule has 10 nitrogen and oxygen atoms in total. The summed E-state index contributed by atoms with van der Waals surface area (Å²) in [4.78, 5) is 36.7. The molecule has 1 saturated heterocycles. The van der Waals surface area contributed by atoms with Crippen LogP contribution in [0.4, 0.5) is 5.82 Å². The number of aromatic nitrogens is 4. The van der Waals surface area contributed by atoms with Crippen LogP contribution in [0.2, 0.25) is 0 Å². The first-order valence-corrected chi connectivity index (χ1v) is 9.33. The summed E-state index contributed by atoms with van der Waals surface area (Å²) in [6.45, 7) is 4.81. The summed E-state index contributed by atoms with van der Waals surface area (Å²) in [7, 11) is 0. The van der Waals surface area contributed by atoms with E-state index in [-0.39, 0.29) is 23.4 Å². The number of carbonyl (C=O) groups is 1. The molecule has 4 N–H and O–H groups in total. The summed E-state index contributed by atoms with van der Waals surface area (Å²) in [5, 5.41) is 9.21. The van der Waals surface area contributed by atoms with Crippen molar-refractivity contribution in [1.29, 1.82) is 0 Å². The highest BCUT2D eigenvalue weighted by molar-refractivity contribution is 5.81. The highest BCUT2D eigenvalue weighted by atomic mass is 16.5. The third-order valence-electron chi connectivity index (χ3n) is 4.85. The van der Waals surface area contributed by atoms with E-state index in [1.807, 2.05) is 0 Å². The predicted octanol–water partition coefficient (Wildman–Crippen LogP) is 0.677. The number of hydrogen-bond donors (Lipinski definition) is 3. The van der Waals surface area contributed by atoms with Crippen molar-refractivity contribution in [2.45, 2.75) is 39.2 Å². The SMILES string of the molecule is CCCCOc1nc(N)c2[nH]c(=O)n(CCN3CCCC(C(=O)O)C3)c2n1. The lowest BCUT2D eigenvalue weighted by Gasteiger charge is -2.30. The normalized spacial score (nSPS) is 18.0. The van der Waals surface area contributed by atoms with Crippen molar-refractivity contribution in [2.24, 2.45) is 5.92 Å². The number of fused-ring (bicyclic) bond motifs is 1. The molecule has 2 aromatic heterocycles. The molecule has 1 fully saturated rings. The smallest absolute Gasteiger partial charge is 0.327 e. The number of anilines is 1. The maximum atomic E-state index is 12.3. The Morgan fingerprint density at radius 3 is 2.96 bits per heavy atom. The molecule has 148 valence electrons. The number of carboxylic acids is 1. The zero-order valence-corrected chi connectivity index (χ0v) is 15.5. The lowest BCUT2D eigenvalue weighted by Crippen LogP contribution is -2.40. The van der Waals surface area contributed by atoms with Gasteiger partial charge in [0.05, 0.1) is 12.5 Å². The van der Waals surface area contributed by atoms with Crippen molar-refractivity contribution in [3.8, 4) is 6.01 Å². The molecule has 0 spiro atoms. The molecule has 0 aromatic carbocycles. The summed E-state index contributed by atoms with van der Waals surface area (Å²) in [5.41, 5.74) is 6.43. The second-order valence-electron chi connectivity index (χ2n) is 6.85. The Bertz CT molecular complexity index is 861. The number of imidazole rings is 1. The molecule has 0 saturated carbocycles. The zero-order valence-electron chi connectivity index (χ0n) is 15.5. The third kappa shape index (κ3) is 4.38. The number of likely N-dealkylation sites (tertiary alicyclic amines) is 1. The van der Waals surface area contributed by atoms with Gasteiger partial charge in [-0.2, -0.15) is 9.97 Å². The number of piperidine rings is 1. The molecule has 1 aliphatic rings. The number of nitrogens with one attached hydrogen (secondary N) is 1. The number of nitrogens with zero attached hydrogens (tertiary/aromatic N) is 4. The van der Waals surface area contributed by atoms with Gasteiger partial charge in [0, 0.05) is 19.6 Å². The molecule has 0 radical (unpaired) electrons. The number of H-pyrrole nitrogens is 1. The van der Waals surface area contributed by atoms with Crippen LogP contribution in [-0.4, -0.2) is 61.7 Å². The van der Waals surface area contributed by atoms with E-state index in [4.69, 9.17) is 10.5 Å². The minimum Gasteiger partial charge on any atom is -0.481 e. The molecule has 3 heterocycles. The molecule has 2 aromatic rings. The van der Waals surface area contributed by atoms with E-state index in [0.29, 0.717) is 43.8 Å². The minimum absolute atomic E-state index is 0.158. The van der Waals surface area contributed by atoms with Gasteiger partial charge in [0.1, 0.15) is 5.52 Å². The summed E-state index contributed by atoms with van der Waals surface area (Å²) in [5.74, 6) is -0.945. The molecular formula is C17H26N6O4. The Morgan fingerprint density at radius 2 is 2.22 bits per heavy atom. The van der Waals surface area contributed by atoms with E-state index in [2.05, 4.69) is 26.8 Å². The van der Waals surface area contributed by atoms with E-state index in [0.717, 1.165) is 25.8 Å². The highest BCUT2D eigenvalue weighted by Crippen LogP contribution is 2.19. The Labute approximate surface area is 156 Å². The first-order chi connectivity index (χ1) is 13.0. The van der Waals surface area contributed by atoms with Crippen molar-refractivity contribution >= 4 is 23.0 Å². The van der Waals surface area contributed by atoms with E-state index < -0.39 is 5.97 Å². The molecule has 1 aliphatic heterocycles. The Kier molecular flexibility index (Phi) is 5.94. The molecule has 0 bridgehead atoms. The van der Waals surface area contributed by atoms with Gasteiger partial charge in [0.2, 0.25) is 0 Å². The van der Waals surface area contributed by atoms with Crippen molar-refractivity contribution in [3.05, 3.63) is 10.5 Å². The number of unbranched alkanes of at least 4 members (excludes halogenated alkanes) is 1. The molecule has 1 atom stereocenters. The van der Waals surface area contributed by atoms with Gasteiger partial charge in [-0.1, -0.05) is 13.3 Å². The Morgan fingerprint density at radius 1 is 1.41 bits per heavy atom. The number of carboxylic acid groups (broad SMARTS) is 1. The van der Waals surface area contributed by atoms with Gasteiger partial charge in [0.25, 0.3) is 0 Å². The first kappa shape index (κ1) is 19.2. The van der Waals surface area contributed by atoms with Gasteiger partial charge in [-0.3, -0.25) is 9.36 Å². The van der Waals surface area contributed by atoms with Gasteiger partial charge < -0.3 is 25.5 Å². The first-order valence-electron chi connectivity index (χ1n) is 9.33. The van der Waals surface area contributed by atoms with Crippen molar-refractivity contribution in [1.82, 2.24) is 24.4 Å². The standard InChI is InChI=1S/C17H26N6O4/c1-2-3-9-27-16-20-13(18)12-14(21-16)23(17(26)19-12)8-7-22-6-4-5-11(10-22)15(24)25/h11H,2-10H2,1H3,(H,19,26)(H,24,25)(H2,18,20,21). The average Bonchev–Trinajstić information content (AvgIpc) is 2.96. The van der Waals surface area contributed by atoms with Crippen LogP contribution >= 0.6 is 0 Å². The summed E-state index contributed by atoms with van der Waals surface area (Å²) < 4.78 is 7.03. The minimum atomic E-state index is -0.765. The molecule has 0 aliphatic carbocycles. The van der Waals surface area contributed by atoms with Crippen LogP contribution in [0, 0.1) is 5.92 Å². The van der Waals surface area contributed by atoms with Crippen LogP contribution < -0.4 is 16.2 Å². The van der Waals surface area contributed by atoms with Gasteiger partial charge in [-0.25, -0.2) is 4.79 Å². The summed E-state index contributed by atoms with van der Waals surface area (Å²) in [6, 6.07) is 0.158. The van der Waals surface area contributed by atoms with Crippen molar-refractivity contribution in [2.75, 3.05) is 32.0 Å². The van der Waals surface area contributed by atoms with Crippen LogP contribution in [0.3, 0.4) is 0 Å². The average molecular weight is 378 g/mol. The van der Waals surface area contributed by atoms with E-state index >= 15 is 0 Å². The van der Waals surface area contributed by atoms with Crippen molar-refractivity contribution in [3.63, 3.8) is 0 Å². The Balaban J connectivity index is 1.76. The fourth-order valence-electron chi connectivity index (χ4n) is 3.31. The second kappa shape index (κ2) is 8.38. The number of aromatic amines is 1. The molecule has 1 unspecified atom stereocenters. The maximum Gasteiger partial charge on any atom is 0.327 e. The van der Waals surface area contributed by atoms with Gasteiger partial charge in [-0.05, 0) is 25.8 Å². The quantitative estimate of drug-likeness (QED) is 0.570. The summed E-state index contributed by atoms with van der Waals surface area (Å²) in [6.07, 6.45) is 3.39.